The van der Waals surface area contributed by atoms with Crippen molar-refractivity contribution >= 4 is 7.32 Å². The molecule has 0 atom stereocenters. The van der Waals surface area contributed by atoms with Gasteiger partial charge in [0.2, 0.25) is 17.2 Å². The van der Waals surface area contributed by atoms with Gasteiger partial charge in [0, 0.05) is 0 Å². The molecule has 0 spiro atoms. The van der Waals surface area contributed by atoms with Gasteiger partial charge in [0.25, 0.3) is 35.7 Å². The molecule has 0 N–H and O–H groups in total. The lowest BCUT2D eigenvalue weighted by atomic mass is 10.2. The fourth-order valence-electron chi connectivity index (χ4n) is 3.81. The van der Waals surface area contributed by atoms with Crippen LogP contribution in [0, 0.1) is 53.1 Å². The molecule has 0 bridgehead atoms. The number of hydrogen-bond donors (Lipinski definition) is 0. The van der Waals surface area contributed by atoms with Crippen molar-refractivity contribution in [3.8, 4) is 52.5 Å². The molecular formula is C30H12BF9N6O6. The minimum absolute atomic E-state index is 0.554. The molecular weight excluding hydrogens is 722 g/mol. The molecule has 12 nitrogen and oxygen atoms in total. The third kappa shape index (κ3) is 7.95. The highest BCUT2D eigenvalue weighted by Gasteiger charge is 2.39. The number of halogens is 9. The summed E-state index contributed by atoms with van der Waals surface area (Å²) in [6.07, 6.45) is 0. The van der Waals surface area contributed by atoms with Crippen LogP contribution in [-0.2, 0) is 0 Å². The van der Waals surface area contributed by atoms with Crippen molar-refractivity contribution in [1.29, 1.82) is 0 Å². The maximum atomic E-state index is 15.0. The number of ether oxygens (including phenoxy) is 3. The molecule has 22 heteroatoms. The summed E-state index contributed by atoms with van der Waals surface area (Å²) in [5, 5.41) is 0. The van der Waals surface area contributed by atoms with Crippen LogP contribution in [0.15, 0.2) is 72.8 Å². The van der Waals surface area contributed by atoms with Gasteiger partial charge in [0.1, 0.15) is 0 Å². The van der Waals surface area contributed by atoms with E-state index in [0.29, 0.717) is 0 Å². The van der Waals surface area contributed by atoms with E-state index in [1.165, 1.54) is 36.4 Å². The SMILES string of the molecule is Fc1ccccc1Oc1nc(F)c(OB(Oc2c(F)nc(Oc3ccccc3F)nc2F)Oc2c(F)nc(Oc3ccccc3F)nc2F)c(F)n1. The van der Waals surface area contributed by atoms with Gasteiger partial charge in [0.05, 0.1) is 0 Å². The van der Waals surface area contributed by atoms with Crippen LogP contribution in [0.3, 0.4) is 0 Å². The molecule has 3 aromatic heterocycles. The van der Waals surface area contributed by atoms with Crippen LogP contribution < -0.4 is 28.2 Å². The molecule has 0 amide bonds. The highest BCUT2D eigenvalue weighted by atomic mass is 19.2. The highest BCUT2D eigenvalue weighted by Crippen LogP contribution is 2.31. The Hall–Kier alpha value is -6.87. The molecule has 0 fully saturated rings. The number of nitrogens with zero attached hydrogens (tertiary/aromatic N) is 6. The fraction of sp³-hybridized carbons (Fsp3) is 0. The minimum Gasteiger partial charge on any atom is -0.482 e. The summed E-state index contributed by atoms with van der Waals surface area (Å²) < 4.78 is 161. The van der Waals surface area contributed by atoms with Gasteiger partial charge < -0.3 is 28.2 Å². The summed E-state index contributed by atoms with van der Waals surface area (Å²) >= 11 is 0. The summed E-state index contributed by atoms with van der Waals surface area (Å²) in [6.45, 7) is 0. The smallest absolute Gasteiger partial charge is 0.482 e. The Morgan fingerprint density at radius 3 is 0.808 bits per heavy atom. The van der Waals surface area contributed by atoms with Gasteiger partial charge in [-0.2, -0.15) is 56.2 Å². The topological polar surface area (TPSA) is 133 Å². The second kappa shape index (κ2) is 14.9. The minimum atomic E-state index is -3.00. The van der Waals surface area contributed by atoms with E-state index >= 15 is 26.3 Å². The lowest BCUT2D eigenvalue weighted by Crippen LogP contribution is -2.39. The van der Waals surface area contributed by atoms with Crippen molar-refractivity contribution in [2.24, 2.45) is 0 Å². The Balaban J connectivity index is 1.32. The Morgan fingerprint density at radius 2 is 0.577 bits per heavy atom. The molecule has 6 rings (SSSR count). The van der Waals surface area contributed by atoms with Crippen LogP contribution in [0.2, 0.25) is 0 Å². The molecule has 0 aliphatic rings. The van der Waals surface area contributed by atoms with Gasteiger partial charge >= 0.3 is 25.4 Å². The first kappa shape index (κ1) is 35.0. The molecule has 0 aliphatic carbocycles. The second-order valence-electron chi connectivity index (χ2n) is 9.49. The zero-order valence-corrected chi connectivity index (χ0v) is 25.0. The standard InChI is InChI=1S/C30H12BF9N6O6/c32-13-7-1-4-10-16(13)47-28-41-22(35)19(23(36)42-28)50-31(51-20-24(37)43-29(44-25(20)38)48-17-11-5-2-8-14(17)33)52-21-26(39)45-30(46-27(21)40)49-18-12-6-3-9-15(18)34/h1-12H. The molecule has 0 saturated heterocycles. The quantitative estimate of drug-likeness (QED) is 0.0715. The molecule has 0 saturated carbocycles. The first-order valence-electron chi connectivity index (χ1n) is 13.9. The van der Waals surface area contributed by atoms with Gasteiger partial charge in [0.15, 0.2) is 34.7 Å². The highest BCUT2D eigenvalue weighted by molar-refractivity contribution is 6.39. The van der Waals surface area contributed by atoms with Crippen LogP contribution in [0.5, 0.6) is 52.5 Å². The van der Waals surface area contributed by atoms with Crippen LogP contribution >= 0.6 is 0 Å². The largest absolute Gasteiger partial charge is 0.864 e. The van der Waals surface area contributed by atoms with Crippen molar-refractivity contribution in [3.63, 3.8) is 0 Å². The molecule has 0 radical (unpaired) electrons. The second-order valence-corrected chi connectivity index (χ2v) is 9.49. The number of hydrogen-bond acceptors (Lipinski definition) is 12. The van der Waals surface area contributed by atoms with E-state index in [9.17, 15) is 13.2 Å². The maximum absolute atomic E-state index is 15.0. The van der Waals surface area contributed by atoms with Crippen molar-refractivity contribution in [2.75, 3.05) is 0 Å². The van der Waals surface area contributed by atoms with Crippen LogP contribution in [0.25, 0.3) is 0 Å². The van der Waals surface area contributed by atoms with Gasteiger partial charge in [-0.3, -0.25) is 0 Å². The normalized spacial score (nSPS) is 10.8. The third-order valence-corrected chi connectivity index (χ3v) is 6.04. The van der Waals surface area contributed by atoms with Gasteiger partial charge in [-0.25, -0.2) is 13.2 Å². The molecule has 3 aromatic carbocycles. The molecule has 52 heavy (non-hydrogen) atoms. The lowest BCUT2D eigenvalue weighted by molar-refractivity contribution is 0.251. The Kier molecular flexibility index (Phi) is 10.1. The summed E-state index contributed by atoms with van der Waals surface area (Å²) in [4.78, 5) is 18.9. The van der Waals surface area contributed by atoms with Crippen LogP contribution in [-0.4, -0.2) is 37.2 Å². The summed E-state index contributed by atoms with van der Waals surface area (Å²) in [7, 11) is -3.00. The van der Waals surface area contributed by atoms with Crippen LogP contribution in [0.4, 0.5) is 39.5 Å². The van der Waals surface area contributed by atoms with E-state index in [1.54, 1.807) is 0 Å². The van der Waals surface area contributed by atoms with Gasteiger partial charge in [-0.15, -0.1) is 0 Å². The molecule has 6 aromatic rings. The van der Waals surface area contributed by atoms with E-state index in [-0.39, 0.29) is 0 Å². The van der Waals surface area contributed by atoms with E-state index in [0.717, 1.165) is 36.4 Å². The molecule has 264 valence electrons. The zero-order valence-electron chi connectivity index (χ0n) is 25.0. The van der Waals surface area contributed by atoms with Gasteiger partial charge in [-0.1, -0.05) is 36.4 Å². The van der Waals surface area contributed by atoms with Crippen molar-refractivity contribution in [2.45, 2.75) is 0 Å². The molecule has 3 heterocycles. The predicted octanol–water partition coefficient (Wildman–Crippen LogP) is 7.21. The van der Waals surface area contributed by atoms with Crippen molar-refractivity contribution < 1.29 is 67.7 Å². The molecule has 0 unspecified atom stereocenters. The Morgan fingerprint density at radius 1 is 0.346 bits per heavy atom. The lowest BCUT2D eigenvalue weighted by Gasteiger charge is -2.17. The van der Waals surface area contributed by atoms with E-state index < -0.39 is 113 Å². The first-order valence-corrected chi connectivity index (χ1v) is 13.9. The summed E-state index contributed by atoms with van der Waals surface area (Å²) in [5.74, 6) is -21.2. The van der Waals surface area contributed by atoms with Crippen molar-refractivity contribution in [3.05, 3.63) is 126 Å². The predicted molar refractivity (Wildman–Crippen MR) is 153 cm³/mol. The van der Waals surface area contributed by atoms with Gasteiger partial charge in [-0.05, 0) is 36.4 Å². The van der Waals surface area contributed by atoms with Crippen LogP contribution in [0.1, 0.15) is 0 Å². The average molecular weight is 734 g/mol. The maximum Gasteiger partial charge on any atom is 0.864 e. The first-order chi connectivity index (χ1) is 24.9. The Bertz CT molecular complexity index is 1960. The van der Waals surface area contributed by atoms with E-state index in [1.807, 2.05) is 0 Å². The Labute approximate surface area is 283 Å². The number of benzene rings is 3. The number of aromatic nitrogens is 6. The van der Waals surface area contributed by atoms with Crippen molar-refractivity contribution in [1.82, 2.24) is 29.9 Å². The number of para-hydroxylation sites is 3. The zero-order chi connectivity index (χ0) is 36.9. The summed E-state index contributed by atoms with van der Waals surface area (Å²) in [6, 6.07) is 10.5. The molecule has 0 aliphatic heterocycles. The summed E-state index contributed by atoms with van der Waals surface area (Å²) in [5.41, 5.74) is 0. The average Bonchev–Trinajstić information content (AvgIpc) is 3.09. The number of rotatable bonds is 12. The van der Waals surface area contributed by atoms with E-state index in [2.05, 4.69) is 29.9 Å². The monoisotopic (exact) mass is 734 g/mol. The fourth-order valence-corrected chi connectivity index (χ4v) is 3.81. The van der Waals surface area contributed by atoms with E-state index in [4.69, 9.17) is 28.2 Å². The third-order valence-electron chi connectivity index (χ3n) is 6.04.